The van der Waals surface area contributed by atoms with Gasteiger partial charge < -0.3 is 4.74 Å². The van der Waals surface area contributed by atoms with Crippen LogP contribution in [0.2, 0.25) is 0 Å². The zero-order valence-corrected chi connectivity index (χ0v) is 7.73. The molecule has 1 aromatic heterocycles. The molecule has 0 aliphatic rings. The van der Waals surface area contributed by atoms with Crippen molar-refractivity contribution >= 4 is 0 Å². The maximum atomic E-state index is 12.8. The van der Waals surface area contributed by atoms with E-state index in [1.807, 2.05) is 0 Å². The van der Waals surface area contributed by atoms with Crippen LogP contribution in [-0.2, 0) is 0 Å². The number of nitrogens with zero attached hydrogens (tertiary/aromatic N) is 2. The standard InChI is InChI=1S/C8H2F6N2O/c9-6(10)5-3(1-15)4(2-16-7(5)11)17-8(12,13)14/h2,6H. The summed E-state index contributed by atoms with van der Waals surface area (Å²) >= 11 is 0. The molecule has 0 aliphatic carbocycles. The van der Waals surface area contributed by atoms with Crippen LogP contribution in [0.1, 0.15) is 17.6 Å². The number of hydrogen-bond acceptors (Lipinski definition) is 3. The fourth-order valence-corrected chi connectivity index (χ4v) is 1.00. The summed E-state index contributed by atoms with van der Waals surface area (Å²) < 4.78 is 76.3. The lowest BCUT2D eigenvalue weighted by atomic mass is 10.1. The minimum atomic E-state index is -5.19. The van der Waals surface area contributed by atoms with Crippen LogP contribution in [0, 0.1) is 17.3 Å². The van der Waals surface area contributed by atoms with Crippen molar-refractivity contribution in [2.24, 2.45) is 0 Å². The lowest BCUT2D eigenvalue weighted by Crippen LogP contribution is -2.19. The number of nitriles is 1. The van der Waals surface area contributed by atoms with Gasteiger partial charge in [-0.1, -0.05) is 0 Å². The Morgan fingerprint density at radius 1 is 1.35 bits per heavy atom. The van der Waals surface area contributed by atoms with Crippen LogP contribution >= 0.6 is 0 Å². The molecule has 0 atom stereocenters. The van der Waals surface area contributed by atoms with Crippen LogP contribution in [0.3, 0.4) is 0 Å². The highest BCUT2D eigenvalue weighted by Crippen LogP contribution is 2.33. The highest BCUT2D eigenvalue weighted by Gasteiger charge is 2.34. The summed E-state index contributed by atoms with van der Waals surface area (Å²) in [6.07, 6.45) is -8.45. The van der Waals surface area contributed by atoms with Crippen molar-refractivity contribution in [1.29, 1.82) is 5.26 Å². The maximum absolute atomic E-state index is 12.8. The second-order valence-electron chi connectivity index (χ2n) is 2.66. The predicted molar refractivity (Wildman–Crippen MR) is 40.6 cm³/mol. The van der Waals surface area contributed by atoms with Crippen molar-refractivity contribution in [2.75, 3.05) is 0 Å². The SMILES string of the molecule is N#Cc1c(OC(F)(F)F)cnc(F)c1C(F)F. The molecular weight excluding hydrogens is 254 g/mol. The summed E-state index contributed by atoms with van der Waals surface area (Å²) in [5.74, 6) is -2.98. The number of aromatic nitrogens is 1. The number of rotatable bonds is 2. The zero-order valence-electron chi connectivity index (χ0n) is 7.73. The smallest absolute Gasteiger partial charge is 0.403 e. The Balaban J connectivity index is 3.35. The molecule has 9 heteroatoms. The van der Waals surface area contributed by atoms with E-state index in [1.165, 1.54) is 0 Å². The van der Waals surface area contributed by atoms with Crippen molar-refractivity contribution in [1.82, 2.24) is 4.98 Å². The lowest BCUT2D eigenvalue weighted by molar-refractivity contribution is -0.274. The zero-order chi connectivity index (χ0) is 13.2. The summed E-state index contributed by atoms with van der Waals surface area (Å²) in [5.41, 5.74) is -2.75. The van der Waals surface area contributed by atoms with Crippen molar-refractivity contribution in [2.45, 2.75) is 12.8 Å². The summed E-state index contributed by atoms with van der Waals surface area (Å²) in [6.45, 7) is 0. The molecule has 0 bridgehead atoms. The molecule has 0 saturated carbocycles. The third-order valence-corrected chi connectivity index (χ3v) is 1.59. The maximum Gasteiger partial charge on any atom is 0.573 e. The van der Waals surface area contributed by atoms with Crippen LogP contribution in [0.5, 0.6) is 5.75 Å². The molecule has 0 aliphatic heterocycles. The third kappa shape index (κ3) is 2.99. The topological polar surface area (TPSA) is 45.9 Å². The molecule has 0 unspecified atom stereocenters. The van der Waals surface area contributed by atoms with E-state index in [-0.39, 0.29) is 6.20 Å². The Kier molecular flexibility index (Phi) is 3.45. The summed E-state index contributed by atoms with van der Waals surface area (Å²) in [4.78, 5) is 2.67. The van der Waals surface area contributed by atoms with Gasteiger partial charge in [0, 0.05) is 0 Å². The van der Waals surface area contributed by atoms with Gasteiger partial charge >= 0.3 is 6.36 Å². The first-order valence-corrected chi connectivity index (χ1v) is 3.88. The predicted octanol–water partition coefficient (Wildman–Crippen LogP) is 2.93. The highest BCUT2D eigenvalue weighted by molar-refractivity contribution is 5.47. The van der Waals surface area contributed by atoms with Gasteiger partial charge in [0.15, 0.2) is 5.75 Å². The average molecular weight is 256 g/mol. The van der Waals surface area contributed by atoms with E-state index >= 15 is 0 Å². The van der Waals surface area contributed by atoms with Crippen molar-refractivity contribution < 1.29 is 31.1 Å². The van der Waals surface area contributed by atoms with E-state index in [4.69, 9.17) is 5.26 Å². The van der Waals surface area contributed by atoms with Crippen molar-refractivity contribution in [3.8, 4) is 11.8 Å². The first kappa shape index (κ1) is 13.1. The van der Waals surface area contributed by atoms with Gasteiger partial charge in [-0.25, -0.2) is 13.8 Å². The summed E-state index contributed by atoms with van der Waals surface area (Å²) in [7, 11) is 0. The normalized spacial score (nSPS) is 11.4. The quantitative estimate of drug-likeness (QED) is 0.603. The molecule has 1 heterocycles. The van der Waals surface area contributed by atoms with Gasteiger partial charge in [-0.2, -0.15) is 9.65 Å². The van der Waals surface area contributed by atoms with Crippen LogP contribution in [-0.4, -0.2) is 11.3 Å². The molecule has 92 valence electrons. The summed E-state index contributed by atoms with van der Waals surface area (Å²) in [6, 6.07) is 1.02. The first-order valence-electron chi connectivity index (χ1n) is 3.88. The van der Waals surface area contributed by atoms with Gasteiger partial charge in [-0.3, -0.25) is 0 Å². The molecule has 0 spiro atoms. The van der Waals surface area contributed by atoms with E-state index in [9.17, 15) is 26.3 Å². The van der Waals surface area contributed by atoms with Gasteiger partial charge in [0.1, 0.15) is 11.6 Å². The van der Waals surface area contributed by atoms with Crippen molar-refractivity contribution in [3.05, 3.63) is 23.3 Å². The molecule has 0 radical (unpaired) electrons. The van der Waals surface area contributed by atoms with Gasteiger partial charge in [0.25, 0.3) is 6.43 Å². The molecule has 0 aromatic carbocycles. The highest BCUT2D eigenvalue weighted by atomic mass is 19.4. The van der Waals surface area contributed by atoms with Crippen molar-refractivity contribution in [3.63, 3.8) is 0 Å². The van der Waals surface area contributed by atoms with Gasteiger partial charge in [-0.15, -0.1) is 13.2 Å². The van der Waals surface area contributed by atoms with E-state index in [2.05, 4.69) is 9.72 Å². The van der Waals surface area contributed by atoms with E-state index in [0.29, 0.717) is 0 Å². The minimum Gasteiger partial charge on any atom is -0.403 e. The van der Waals surface area contributed by atoms with Crippen LogP contribution in [0.15, 0.2) is 6.20 Å². The monoisotopic (exact) mass is 256 g/mol. The van der Waals surface area contributed by atoms with E-state index in [1.54, 1.807) is 0 Å². The molecule has 0 saturated heterocycles. The molecule has 1 aromatic rings. The Labute approximate surface area is 90.2 Å². The van der Waals surface area contributed by atoms with E-state index < -0.39 is 35.6 Å². The molecule has 1 rings (SSSR count). The first-order chi connectivity index (χ1) is 7.76. The Hall–Kier alpha value is -1.98. The van der Waals surface area contributed by atoms with Gasteiger partial charge in [-0.05, 0) is 0 Å². The minimum absolute atomic E-state index is 0.216. The van der Waals surface area contributed by atoms with Gasteiger partial charge in [0.05, 0.1) is 11.8 Å². The Morgan fingerprint density at radius 3 is 2.35 bits per heavy atom. The molecule has 0 fully saturated rings. The Bertz CT molecular complexity index is 464. The van der Waals surface area contributed by atoms with Crippen LogP contribution < -0.4 is 4.74 Å². The fraction of sp³-hybridized carbons (Fsp3) is 0.250. The average Bonchev–Trinajstić information content (AvgIpc) is 2.17. The molecule has 0 N–H and O–H groups in total. The molecule has 3 nitrogen and oxygen atoms in total. The van der Waals surface area contributed by atoms with Crippen LogP contribution in [0.25, 0.3) is 0 Å². The van der Waals surface area contributed by atoms with E-state index in [0.717, 1.165) is 6.07 Å². The molecule has 17 heavy (non-hydrogen) atoms. The second kappa shape index (κ2) is 4.48. The summed E-state index contributed by atoms with van der Waals surface area (Å²) in [5, 5.41) is 8.44. The largest absolute Gasteiger partial charge is 0.573 e. The molecular formula is C8H2F6N2O. The second-order valence-corrected chi connectivity index (χ2v) is 2.66. The molecule has 0 amide bonds. The number of halogens is 6. The number of pyridine rings is 1. The Morgan fingerprint density at radius 2 is 1.94 bits per heavy atom. The fourth-order valence-electron chi connectivity index (χ4n) is 1.00. The number of ether oxygens (including phenoxy) is 1. The van der Waals surface area contributed by atoms with Gasteiger partial charge in [0.2, 0.25) is 5.95 Å². The lowest BCUT2D eigenvalue weighted by Gasteiger charge is -2.12. The van der Waals surface area contributed by atoms with Crippen LogP contribution in [0.4, 0.5) is 26.3 Å². The number of hydrogen-bond donors (Lipinski definition) is 0. The third-order valence-electron chi connectivity index (χ3n) is 1.59. The number of alkyl halides is 5.